The Morgan fingerprint density at radius 2 is 2.11 bits per heavy atom. The first kappa shape index (κ1) is 13.1. The van der Waals surface area contributed by atoms with Crippen LogP contribution in [-0.2, 0) is 13.6 Å². The summed E-state index contributed by atoms with van der Waals surface area (Å²) in [4.78, 5) is 1.33. The van der Waals surface area contributed by atoms with Crippen molar-refractivity contribution in [1.29, 1.82) is 0 Å². The molecule has 18 heavy (non-hydrogen) atoms. The minimum Gasteiger partial charge on any atom is -0.384 e. The first-order valence-electron chi connectivity index (χ1n) is 5.52. The second kappa shape index (κ2) is 6.03. The van der Waals surface area contributed by atoms with Crippen LogP contribution in [0.5, 0.6) is 0 Å². The molecule has 0 saturated carbocycles. The van der Waals surface area contributed by atoms with Gasteiger partial charge in [0.05, 0.1) is 7.05 Å². The van der Waals surface area contributed by atoms with E-state index in [1.54, 1.807) is 7.05 Å². The molecule has 2 aromatic rings. The van der Waals surface area contributed by atoms with Gasteiger partial charge in [-0.3, -0.25) is 0 Å². The Bertz CT molecular complexity index is 498. The van der Waals surface area contributed by atoms with Crippen LogP contribution in [0.1, 0.15) is 17.5 Å². The van der Waals surface area contributed by atoms with E-state index in [9.17, 15) is 5.11 Å². The number of benzene rings is 1. The molecule has 1 atom stereocenters. The molecule has 0 saturated heterocycles. The Labute approximate surface area is 113 Å². The molecule has 0 aliphatic carbocycles. The third-order valence-corrected chi connectivity index (χ3v) is 2.93. The topological polar surface area (TPSA) is 75.9 Å². The summed E-state index contributed by atoms with van der Waals surface area (Å²) in [5, 5.41) is 24.3. The fourth-order valence-electron chi connectivity index (χ4n) is 1.48. The lowest BCUT2D eigenvalue weighted by Gasteiger charge is -2.08. The molecule has 1 heterocycles. The minimum absolute atomic E-state index is 0.334. The fraction of sp³-hybridized carbons (Fsp3) is 0.364. The van der Waals surface area contributed by atoms with Crippen molar-refractivity contribution in [1.82, 2.24) is 25.5 Å². The number of aliphatic hydroxyl groups is 1. The summed E-state index contributed by atoms with van der Waals surface area (Å²) in [7, 11) is 1.67. The van der Waals surface area contributed by atoms with Crippen LogP contribution in [0.2, 0.25) is 0 Å². The van der Waals surface area contributed by atoms with E-state index in [2.05, 4.69) is 36.7 Å². The van der Waals surface area contributed by atoms with Gasteiger partial charge in [0.2, 0.25) is 5.82 Å². The maximum absolute atomic E-state index is 9.81. The number of tetrazole rings is 1. The lowest BCUT2D eigenvalue weighted by atomic mass is 10.2. The quantitative estimate of drug-likeness (QED) is 0.854. The van der Waals surface area contributed by atoms with E-state index < -0.39 is 6.10 Å². The predicted molar refractivity (Wildman–Crippen MR) is 69.6 cm³/mol. The molecule has 0 aliphatic heterocycles. The van der Waals surface area contributed by atoms with Crippen molar-refractivity contribution >= 4 is 15.9 Å². The summed E-state index contributed by atoms with van der Waals surface area (Å²) >= 11 is 3.38. The van der Waals surface area contributed by atoms with E-state index in [1.807, 2.05) is 24.3 Å². The van der Waals surface area contributed by atoms with Crippen molar-refractivity contribution in [2.75, 3.05) is 6.54 Å². The monoisotopic (exact) mass is 311 g/mol. The van der Waals surface area contributed by atoms with Crippen LogP contribution in [0.3, 0.4) is 0 Å². The Balaban J connectivity index is 1.80. The average Bonchev–Trinajstić information content (AvgIpc) is 2.78. The highest BCUT2D eigenvalue weighted by atomic mass is 79.9. The van der Waals surface area contributed by atoms with Crippen LogP contribution >= 0.6 is 15.9 Å². The Kier molecular flexibility index (Phi) is 4.40. The van der Waals surface area contributed by atoms with E-state index in [0.29, 0.717) is 18.9 Å². The Morgan fingerprint density at radius 1 is 1.39 bits per heavy atom. The average molecular weight is 312 g/mol. The highest BCUT2D eigenvalue weighted by Crippen LogP contribution is 2.10. The van der Waals surface area contributed by atoms with Crippen LogP contribution in [0.15, 0.2) is 28.7 Å². The van der Waals surface area contributed by atoms with Gasteiger partial charge in [-0.25, -0.2) is 0 Å². The zero-order valence-corrected chi connectivity index (χ0v) is 11.5. The maximum Gasteiger partial charge on any atom is 0.204 e. The summed E-state index contributed by atoms with van der Waals surface area (Å²) in [6, 6.07) is 8.00. The summed E-state index contributed by atoms with van der Waals surface area (Å²) in [5.74, 6) is 0.334. The molecule has 1 aromatic heterocycles. The van der Waals surface area contributed by atoms with E-state index in [1.165, 1.54) is 4.80 Å². The molecule has 96 valence electrons. The fourth-order valence-corrected chi connectivity index (χ4v) is 1.74. The van der Waals surface area contributed by atoms with Gasteiger partial charge in [-0.05, 0) is 22.9 Å². The molecule has 0 aliphatic rings. The number of aliphatic hydroxyl groups excluding tert-OH is 1. The summed E-state index contributed by atoms with van der Waals surface area (Å²) in [6.07, 6.45) is -0.742. The number of aromatic nitrogens is 4. The minimum atomic E-state index is -0.742. The SMILES string of the molecule is Cn1nnc([C@H](O)CNCc2ccc(Br)cc2)n1. The van der Waals surface area contributed by atoms with Crippen LogP contribution in [0.4, 0.5) is 0 Å². The molecular formula is C11H14BrN5O. The molecule has 1 aromatic carbocycles. The number of hydrogen-bond acceptors (Lipinski definition) is 5. The second-order valence-electron chi connectivity index (χ2n) is 3.91. The predicted octanol–water partition coefficient (Wildman–Crippen LogP) is 0.796. The van der Waals surface area contributed by atoms with Crippen molar-refractivity contribution < 1.29 is 5.11 Å². The molecule has 0 spiro atoms. The standard InChI is InChI=1S/C11H14BrN5O/c1-17-15-11(14-16-17)10(18)7-13-6-8-2-4-9(12)5-3-8/h2-5,10,13,18H,6-7H2,1H3/t10-/m1/s1. The highest BCUT2D eigenvalue weighted by Gasteiger charge is 2.12. The van der Waals surface area contributed by atoms with Gasteiger partial charge in [0.15, 0.2) is 0 Å². The summed E-state index contributed by atoms with van der Waals surface area (Å²) in [5.41, 5.74) is 1.15. The second-order valence-corrected chi connectivity index (χ2v) is 4.83. The van der Waals surface area contributed by atoms with Crippen LogP contribution in [0, 0.1) is 0 Å². The zero-order valence-electron chi connectivity index (χ0n) is 9.91. The molecule has 0 amide bonds. The van der Waals surface area contributed by atoms with E-state index in [0.717, 1.165) is 10.0 Å². The van der Waals surface area contributed by atoms with Gasteiger partial charge in [0.25, 0.3) is 0 Å². The maximum atomic E-state index is 9.81. The van der Waals surface area contributed by atoms with E-state index in [4.69, 9.17) is 0 Å². The molecular weight excluding hydrogens is 298 g/mol. The zero-order chi connectivity index (χ0) is 13.0. The van der Waals surface area contributed by atoms with Crippen LogP contribution in [-0.4, -0.2) is 31.9 Å². The summed E-state index contributed by atoms with van der Waals surface area (Å²) < 4.78 is 1.05. The molecule has 0 bridgehead atoms. The summed E-state index contributed by atoms with van der Waals surface area (Å²) in [6.45, 7) is 1.08. The van der Waals surface area contributed by atoms with Gasteiger partial charge in [-0.15, -0.1) is 10.2 Å². The number of rotatable bonds is 5. The van der Waals surface area contributed by atoms with Crippen molar-refractivity contribution in [3.63, 3.8) is 0 Å². The van der Waals surface area contributed by atoms with Crippen LogP contribution in [0.25, 0.3) is 0 Å². The van der Waals surface area contributed by atoms with Gasteiger partial charge in [-0.1, -0.05) is 28.1 Å². The smallest absolute Gasteiger partial charge is 0.204 e. The Hall–Kier alpha value is -1.31. The first-order valence-corrected chi connectivity index (χ1v) is 6.31. The van der Waals surface area contributed by atoms with E-state index >= 15 is 0 Å². The molecule has 0 unspecified atom stereocenters. The number of nitrogens with zero attached hydrogens (tertiary/aromatic N) is 4. The van der Waals surface area contributed by atoms with Crippen molar-refractivity contribution in [3.05, 3.63) is 40.1 Å². The van der Waals surface area contributed by atoms with Crippen molar-refractivity contribution in [2.45, 2.75) is 12.6 Å². The van der Waals surface area contributed by atoms with Crippen molar-refractivity contribution in [3.8, 4) is 0 Å². The lowest BCUT2D eigenvalue weighted by Crippen LogP contribution is -2.22. The molecule has 0 radical (unpaired) electrons. The van der Waals surface area contributed by atoms with Gasteiger partial charge >= 0.3 is 0 Å². The Morgan fingerprint density at radius 3 is 2.72 bits per heavy atom. The normalized spacial score (nSPS) is 12.6. The van der Waals surface area contributed by atoms with Gasteiger partial charge in [0.1, 0.15) is 6.10 Å². The molecule has 0 fully saturated rings. The number of hydrogen-bond donors (Lipinski definition) is 2. The third kappa shape index (κ3) is 3.59. The van der Waals surface area contributed by atoms with Gasteiger partial charge in [0, 0.05) is 17.6 Å². The molecule has 2 rings (SSSR count). The highest BCUT2D eigenvalue weighted by molar-refractivity contribution is 9.10. The molecule has 6 nitrogen and oxygen atoms in total. The largest absolute Gasteiger partial charge is 0.384 e. The number of aryl methyl sites for hydroxylation is 1. The molecule has 2 N–H and O–H groups in total. The first-order chi connectivity index (χ1) is 8.65. The molecule has 7 heteroatoms. The lowest BCUT2D eigenvalue weighted by molar-refractivity contribution is 0.164. The van der Waals surface area contributed by atoms with Gasteiger partial charge in [-0.2, -0.15) is 4.80 Å². The van der Waals surface area contributed by atoms with Crippen LogP contribution < -0.4 is 5.32 Å². The third-order valence-electron chi connectivity index (χ3n) is 2.40. The number of nitrogens with one attached hydrogen (secondary N) is 1. The van der Waals surface area contributed by atoms with E-state index in [-0.39, 0.29) is 0 Å². The van der Waals surface area contributed by atoms with Gasteiger partial charge < -0.3 is 10.4 Å². The van der Waals surface area contributed by atoms with Crippen molar-refractivity contribution in [2.24, 2.45) is 7.05 Å². The number of halogens is 1.